The molecule has 2 rings (SSSR count). The fraction of sp³-hybridized carbons (Fsp3) is 0.455. The Hall–Kier alpha value is -1.58. The Morgan fingerprint density at radius 3 is 3.07 bits per heavy atom. The lowest BCUT2D eigenvalue weighted by Crippen LogP contribution is -2.32. The summed E-state index contributed by atoms with van der Waals surface area (Å²) < 4.78 is 0. The highest BCUT2D eigenvalue weighted by molar-refractivity contribution is 5.82. The summed E-state index contributed by atoms with van der Waals surface area (Å²) in [5.41, 5.74) is 7.64. The van der Waals surface area contributed by atoms with Crippen molar-refractivity contribution in [1.82, 2.24) is 4.98 Å². The van der Waals surface area contributed by atoms with Crippen LogP contribution in [0.2, 0.25) is 0 Å². The van der Waals surface area contributed by atoms with E-state index in [0.29, 0.717) is 0 Å². The molecule has 1 heterocycles. The molecule has 80 valence electrons. The third-order valence-electron chi connectivity index (χ3n) is 2.72. The van der Waals surface area contributed by atoms with E-state index in [2.05, 4.69) is 16.4 Å². The molecule has 1 aliphatic carbocycles. The first-order chi connectivity index (χ1) is 7.16. The van der Waals surface area contributed by atoms with Crippen LogP contribution in [-0.4, -0.2) is 16.9 Å². The van der Waals surface area contributed by atoms with Crippen molar-refractivity contribution in [2.24, 2.45) is 5.73 Å². The maximum absolute atomic E-state index is 10.9. The zero-order valence-electron chi connectivity index (χ0n) is 8.79. The summed E-state index contributed by atoms with van der Waals surface area (Å²) in [6.07, 6.45) is 3.33. The molecule has 0 fully saturated rings. The van der Waals surface area contributed by atoms with Crippen molar-refractivity contribution in [3.05, 3.63) is 23.4 Å². The molecule has 0 spiro atoms. The molecule has 1 aromatic heterocycles. The predicted molar refractivity (Wildman–Crippen MR) is 58.5 cm³/mol. The molecule has 1 amide bonds. The van der Waals surface area contributed by atoms with Gasteiger partial charge in [-0.2, -0.15) is 0 Å². The number of aryl methyl sites for hydroxylation is 2. The number of fused-ring (bicyclic) bond motifs is 1. The van der Waals surface area contributed by atoms with Crippen molar-refractivity contribution in [2.75, 3.05) is 5.32 Å². The van der Waals surface area contributed by atoms with Crippen molar-refractivity contribution in [3.63, 3.8) is 0 Å². The molecule has 3 N–H and O–H groups in total. The van der Waals surface area contributed by atoms with Gasteiger partial charge in [0, 0.05) is 5.69 Å². The second kappa shape index (κ2) is 3.88. The maximum Gasteiger partial charge on any atom is 0.239 e. The van der Waals surface area contributed by atoms with Gasteiger partial charge in [-0.1, -0.05) is 6.07 Å². The maximum atomic E-state index is 10.9. The molecule has 15 heavy (non-hydrogen) atoms. The summed E-state index contributed by atoms with van der Waals surface area (Å²) >= 11 is 0. The van der Waals surface area contributed by atoms with Crippen molar-refractivity contribution in [1.29, 1.82) is 0 Å². The first-order valence-electron chi connectivity index (χ1n) is 5.21. The standard InChI is InChI=1S/C11H15N3O/c1-7(11(12)15)13-10-6-5-8-3-2-4-9(8)14-10/h5-7H,2-4H2,1H3,(H2,12,15)(H,13,14). The second-order valence-corrected chi connectivity index (χ2v) is 3.92. The molecule has 0 saturated heterocycles. The number of pyridine rings is 1. The summed E-state index contributed by atoms with van der Waals surface area (Å²) in [4.78, 5) is 15.3. The van der Waals surface area contributed by atoms with E-state index in [1.807, 2.05) is 6.07 Å². The largest absolute Gasteiger partial charge is 0.368 e. The molecule has 4 heteroatoms. The molecule has 1 aliphatic rings. The smallest absolute Gasteiger partial charge is 0.239 e. The minimum absolute atomic E-state index is 0.364. The van der Waals surface area contributed by atoms with Crippen LogP contribution in [-0.2, 0) is 17.6 Å². The first kappa shape index (κ1) is 9.96. The van der Waals surface area contributed by atoms with Gasteiger partial charge >= 0.3 is 0 Å². The van der Waals surface area contributed by atoms with Gasteiger partial charge in [0.15, 0.2) is 0 Å². The number of hydrogen-bond acceptors (Lipinski definition) is 3. The van der Waals surface area contributed by atoms with Gasteiger partial charge < -0.3 is 11.1 Å². The van der Waals surface area contributed by atoms with Gasteiger partial charge in [-0.05, 0) is 37.8 Å². The molecule has 1 unspecified atom stereocenters. The van der Waals surface area contributed by atoms with Crippen LogP contribution in [0.3, 0.4) is 0 Å². The van der Waals surface area contributed by atoms with Gasteiger partial charge in [0.05, 0.1) is 0 Å². The van der Waals surface area contributed by atoms with Crippen molar-refractivity contribution < 1.29 is 4.79 Å². The number of carbonyl (C=O) groups is 1. The normalized spacial score (nSPS) is 15.8. The van der Waals surface area contributed by atoms with Crippen LogP contribution in [0, 0.1) is 0 Å². The quantitative estimate of drug-likeness (QED) is 0.769. The van der Waals surface area contributed by atoms with E-state index in [-0.39, 0.29) is 11.9 Å². The minimum Gasteiger partial charge on any atom is -0.368 e. The Morgan fingerprint density at radius 2 is 2.33 bits per heavy atom. The molecular weight excluding hydrogens is 190 g/mol. The van der Waals surface area contributed by atoms with E-state index in [4.69, 9.17) is 5.73 Å². The Morgan fingerprint density at radius 1 is 1.53 bits per heavy atom. The lowest BCUT2D eigenvalue weighted by Gasteiger charge is -2.11. The molecule has 1 aromatic rings. The monoisotopic (exact) mass is 205 g/mol. The van der Waals surface area contributed by atoms with Crippen LogP contribution in [0.25, 0.3) is 0 Å². The van der Waals surface area contributed by atoms with E-state index >= 15 is 0 Å². The average molecular weight is 205 g/mol. The fourth-order valence-electron chi connectivity index (χ4n) is 1.79. The van der Waals surface area contributed by atoms with Gasteiger partial charge in [0.2, 0.25) is 5.91 Å². The second-order valence-electron chi connectivity index (χ2n) is 3.92. The number of nitrogens with two attached hydrogens (primary N) is 1. The lowest BCUT2D eigenvalue weighted by molar-refractivity contribution is -0.118. The van der Waals surface area contributed by atoms with Gasteiger partial charge in [-0.25, -0.2) is 4.98 Å². The summed E-state index contributed by atoms with van der Waals surface area (Å²) in [5.74, 6) is 0.374. The van der Waals surface area contributed by atoms with E-state index in [9.17, 15) is 4.79 Å². The number of amides is 1. The Bertz CT molecular complexity index is 389. The number of hydrogen-bond donors (Lipinski definition) is 2. The van der Waals surface area contributed by atoms with Gasteiger partial charge in [-0.15, -0.1) is 0 Å². The van der Waals surface area contributed by atoms with Crippen molar-refractivity contribution >= 4 is 11.7 Å². The van der Waals surface area contributed by atoms with Gasteiger partial charge in [-0.3, -0.25) is 4.79 Å². The van der Waals surface area contributed by atoms with Crippen LogP contribution < -0.4 is 11.1 Å². The van der Waals surface area contributed by atoms with Crippen molar-refractivity contribution in [2.45, 2.75) is 32.2 Å². The number of carbonyl (C=O) groups excluding carboxylic acids is 1. The Kier molecular flexibility index (Phi) is 2.58. The van der Waals surface area contributed by atoms with E-state index < -0.39 is 0 Å². The summed E-state index contributed by atoms with van der Waals surface area (Å²) in [5, 5.41) is 2.99. The SMILES string of the molecule is CC(Nc1ccc2c(n1)CCC2)C(N)=O. The molecule has 0 saturated carbocycles. The molecule has 4 nitrogen and oxygen atoms in total. The average Bonchev–Trinajstić information content (AvgIpc) is 2.64. The van der Waals surface area contributed by atoms with Crippen LogP contribution in [0.5, 0.6) is 0 Å². The van der Waals surface area contributed by atoms with Gasteiger partial charge in [0.25, 0.3) is 0 Å². The van der Waals surface area contributed by atoms with E-state index in [0.717, 1.165) is 24.4 Å². The number of aromatic nitrogens is 1. The number of rotatable bonds is 3. The third kappa shape index (κ3) is 2.09. The zero-order chi connectivity index (χ0) is 10.8. The highest BCUT2D eigenvalue weighted by Gasteiger charge is 2.14. The molecule has 0 bridgehead atoms. The third-order valence-corrected chi connectivity index (χ3v) is 2.72. The number of nitrogens with one attached hydrogen (secondary N) is 1. The first-order valence-corrected chi connectivity index (χ1v) is 5.21. The van der Waals surface area contributed by atoms with Crippen LogP contribution in [0.1, 0.15) is 24.6 Å². The predicted octanol–water partition coefficient (Wildman–Crippen LogP) is 0.856. The van der Waals surface area contributed by atoms with E-state index in [1.165, 1.54) is 12.0 Å². The zero-order valence-corrected chi connectivity index (χ0v) is 8.79. The molecule has 0 aromatic carbocycles. The van der Waals surface area contributed by atoms with Crippen LogP contribution >= 0.6 is 0 Å². The Labute approximate surface area is 88.9 Å². The van der Waals surface area contributed by atoms with Crippen molar-refractivity contribution in [3.8, 4) is 0 Å². The fourth-order valence-corrected chi connectivity index (χ4v) is 1.79. The van der Waals surface area contributed by atoms with Crippen LogP contribution in [0.4, 0.5) is 5.82 Å². The highest BCUT2D eigenvalue weighted by atomic mass is 16.1. The number of anilines is 1. The molecule has 0 aliphatic heterocycles. The van der Waals surface area contributed by atoms with E-state index in [1.54, 1.807) is 6.92 Å². The highest BCUT2D eigenvalue weighted by Crippen LogP contribution is 2.21. The number of nitrogens with zero attached hydrogens (tertiary/aromatic N) is 1. The molecular formula is C11H15N3O. The number of primary amides is 1. The topological polar surface area (TPSA) is 68.0 Å². The summed E-state index contributed by atoms with van der Waals surface area (Å²) in [7, 11) is 0. The lowest BCUT2D eigenvalue weighted by atomic mass is 10.2. The molecule has 1 atom stereocenters. The van der Waals surface area contributed by atoms with Gasteiger partial charge in [0.1, 0.15) is 11.9 Å². The molecule has 0 radical (unpaired) electrons. The Balaban J connectivity index is 2.13. The summed E-state index contributed by atoms with van der Waals surface area (Å²) in [6.45, 7) is 1.73. The van der Waals surface area contributed by atoms with Crippen LogP contribution in [0.15, 0.2) is 12.1 Å². The summed E-state index contributed by atoms with van der Waals surface area (Å²) in [6, 6.07) is 3.60. The minimum atomic E-state index is -0.378.